The van der Waals surface area contributed by atoms with Crippen LogP contribution in [0.2, 0.25) is 0 Å². The smallest absolute Gasteiger partial charge is 0.123 e. The second-order valence-electron chi connectivity index (χ2n) is 4.45. The third-order valence-electron chi connectivity index (χ3n) is 3.08. The van der Waals surface area contributed by atoms with Crippen molar-refractivity contribution in [2.75, 3.05) is 0 Å². The maximum absolute atomic E-state index is 5.88. The van der Waals surface area contributed by atoms with Gasteiger partial charge in [-0.2, -0.15) is 0 Å². The Bertz CT molecular complexity index is 534. The van der Waals surface area contributed by atoms with Gasteiger partial charge in [0, 0.05) is 10.9 Å². The Morgan fingerprint density at radius 2 is 1.78 bits per heavy atom. The van der Waals surface area contributed by atoms with Crippen LogP contribution in [0.5, 0.6) is 5.75 Å². The van der Waals surface area contributed by atoms with Crippen molar-refractivity contribution < 1.29 is 4.74 Å². The van der Waals surface area contributed by atoms with E-state index in [1.54, 1.807) is 0 Å². The topological polar surface area (TPSA) is 9.23 Å². The molecule has 0 amide bonds. The normalized spacial score (nSPS) is 10.4. The van der Waals surface area contributed by atoms with Gasteiger partial charge in [0.1, 0.15) is 12.4 Å². The van der Waals surface area contributed by atoms with E-state index < -0.39 is 0 Å². The first-order valence-corrected chi connectivity index (χ1v) is 7.15. The first-order valence-electron chi connectivity index (χ1n) is 6.03. The van der Waals surface area contributed by atoms with Crippen LogP contribution in [0, 0.1) is 13.8 Å². The number of halogens is 1. The average molecular weight is 305 g/mol. The van der Waals surface area contributed by atoms with Crippen molar-refractivity contribution in [3.8, 4) is 5.75 Å². The predicted octanol–water partition coefficient (Wildman–Crippen LogP) is 4.78. The Morgan fingerprint density at radius 1 is 1.00 bits per heavy atom. The lowest BCUT2D eigenvalue weighted by Crippen LogP contribution is -1.98. The van der Waals surface area contributed by atoms with Crippen LogP contribution >= 0.6 is 15.9 Å². The minimum absolute atomic E-state index is 0.616. The van der Waals surface area contributed by atoms with Crippen molar-refractivity contribution in [1.29, 1.82) is 0 Å². The van der Waals surface area contributed by atoms with Gasteiger partial charge in [0.2, 0.25) is 0 Å². The summed E-state index contributed by atoms with van der Waals surface area (Å²) >= 11 is 3.48. The minimum atomic E-state index is 0.616. The van der Waals surface area contributed by atoms with Crippen LogP contribution in [0.1, 0.15) is 22.3 Å². The number of aryl methyl sites for hydroxylation is 2. The van der Waals surface area contributed by atoms with Gasteiger partial charge in [-0.3, -0.25) is 0 Å². The Morgan fingerprint density at radius 3 is 2.50 bits per heavy atom. The molecule has 0 aromatic heterocycles. The third kappa shape index (κ3) is 3.14. The number of ether oxygens (including phenoxy) is 1. The molecule has 2 heteroatoms. The molecule has 0 spiro atoms. The van der Waals surface area contributed by atoms with Crippen LogP contribution in [0.4, 0.5) is 0 Å². The lowest BCUT2D eigenvalue weighted by Gasteiger charge is -2.11. The quantitative estimate of drug-likeness (QED) is 0.739. The first kappa shape index (κ1) is 13.2. The molecule has 18 heavy (non-hydrogen) atoms. The van der Waals surface area contributed by atoms with E-state index in [9.17, 15) is 0 Å². The van der Waals surface area contributed by atoms with Gasteiger partial charge >= 0.3 is 0 Å². The summed E-state index contributed by atoms with van der Waals surface area (Å²) in [5, 5.41) is 0.816. The molecule has 0 bridgehead atoms. The first-order chi connectivity index (χ1) is 8.70. The van der Waals surface area contributed by atoms with Gasteiger partial charge in [0.15, 0.2) is 0 Å². The summed E-state index contributed by atoms with van der Waals surface area (Å²) in [6.07, 6.45) is 0. The molecule has 2 aromatic rings. The van der Waals surface area contributed by atoms with Gasteiger partial charge in [-0.1, -0.05) is 52.3 Å². The number of benzene rings is 2. The van der Waals surface area contributed by atoms with E-state index in [4.69, 9.17) is 4.74 Å². The van der Waals surface area contributed by atoms with E-state index in [-0.39, 0.29) is 0 Å². The van der Waals surface area contributed by atoms with E-state index in [1.165, 1.54) is 22.3 Å². The van der Waals surface area contributed by atoms with E-state index in [0.717, 1.165) is 11.1 Å². The molecule has 0 unspecified atom stereocenters. The minimum Gasteiger partial charge on any atom is -0.489 e. The van der Waals surface area contributed by atoms with Gasteiger partial charge < -0.3 is 4.74 Å². The van der Waals surface area contributed by atoms with Crippen molar-refractivity contribution in [2.45, 2.75) is 25.8 Å². The van der Waals surface area contributed by atoms with Crippen LogP contribution < -0.4 is 4.74 Å². The van der Waals surface area contributed by atoms with Gasteiger partial charge in [0.05, 0.1) is 0 Å². The standard InChI is InChI=1S/C16H17BrO/c1-12-7-8-14(9-13(12)2)11-18-16-6-4-3-5-15(16)10-17/h3-9H,10-11H2,1-2H3. The van der Waals surface area contributed by atoms with E-state index in [2.05, 4.69) is 54.0 Å². The van der Waals surface area contributed by atoms with Crippen LogP contribution in [-0.4, -0.2) is 0 Å². The monoisotopic (exact) mass is 304 g/mol. The van der Waals surface area contributed by atoms with Crippen molar-refractivity contribution in [1.82, 2.24) is 0 Å². The number of hydrogen-bond acceptors (Lipinski definition) is 1. The fraction of sp³-hybridized carbons (Fsp3) is 0.250. The number of para-hydroxylation sites is 1. The lowest BCUT2D eigenvalue weighted by atomic mass is 10.1. The summed E-state index contributed by atoms with van der Waals surface area (Å²) in [6, 6.07) is 14.6. The van der Waals surface area contributed by atoms with Crippen LogP contribution in [-0.2, 0) is 11.9 Å². The largest absolute Gasteiger partial charge is 0.489 e. The molecular formula is C16H17BrO. The van der Waals surface area contributed by atoms with Crippen molar-refractivity contribution in [3.05, 3.63) is 64.7 Å². The Labute approximate surface area is 117 Å². The summed E-state index contributed by atoms with van der Waals surface area (Å²) in [5.41, 5.74) is 5.02. The molecule has 0 saturated carbocycles. The highest BCUT2D eigenvalue weighted by molar-refractivity contribution is 9.08. The summed E-state index contributed by atoms with van der Waals surface area (Å²) in [5.74, 6) is 0.951. The van der Waals surface area contributed by atoms with Crippen molar-refractivity contribution >= 4 is 15.9 Å². The van der Waals surface area contributed by atoms with Gasteiger partial charge in [-0.25, -0.2) is 0 Å². The molecule has 0 saturated heterocycles. The molecule has 2 rings (SSSR count). The molecule has 0 radical (unpaired) electrons. The van der Waals surface area contributed by atoms with E-state index in [0.29, 0.717) is 6.61 Å². The molecule has 2 aromatic carbocycles. The maximum Gasteiger partial charge on any atom is 0.123 e. The molecule has 0 heterocycles. The third-order valence-corrected chi connectivity index (χ3v) is 3.69. The lowest BCUT2D eigenvalue weighted by molar-refractivity contribution is 0.304. The van der Waals surface area contributed by atoms with Gasteiger partial charge in [-0.05, 0) is 36.6 Å². The molecule has 0 atom stereocenters. The number of hydrogen-bond donors (Lipinski definition) is 0. The highest BCUT2D eigenvalue weighted by atomic mass is 79.9. The van der Waals surface area contributed by atoms with Crippen LogP contribution in [0.3, 0.4) is 0 Å². The SMILES string of the molecule is Cc1ccc(COc2ccccc2CBr)cc1C. The van der Waals surface area contributed by atoms with Crippen LogP contribution in [0.25, 0.3) is 0 Å². The zero-order valence-electron chi connectivity index (χ0n) is 10.7. The van der Waals surface area contributed by atoms with Gasteiger partial charge in [-0.15, -0.1) is 0 Å². The van der Waals surface area contributed by atoms with E-state index >= 15 is 0 Å². The highest BCUT2D eigenvalue weighted by Gasteiger charge is 2.02. The summed E-state index contributed by atoms with van der Waals surface area (Å²) in [7, 11) is 0. The summed E-state index contributed by atoms with van der Waals surface area (Å²) in [6.45, 7) is 4.87. The zero-order valence-corrected chi connectivity index (χ0v) is 12.3. The van der Waals surface area contributed by atoms with Crippen molar-refractivity contribution in [2.24, 2.45) is 0 Å². The fourth-order valence-corrected chi connectivity index (χ4v) is 2.27. The Hall–Kier alpha value is -1.28. The summed E-state index contributed by atoms with van der Waals surface area (Å²) < 4.78 is 5.88. The number of rotatable bonds is 4. The molecule has 94 valence electrons. The van der Waals surface area contributed by atoms with Gasteiger partial charge in [0.25, 0.3) is 0 Å². The summed E-state index contributed by atoms with van der Waals surface area (Å²) in [4.78, 5) is 0. The average Bonchev–Trinajstić information content (AvgIpc) is 2.40. The zero-order chi connectivity index (χ0) is 13.0. The Balaban J connectivity index is 2.09. The molecule has 0 fully saturated rings. The molecule has 0 N–H and O–H groups in total. The molecule has 0 aliphatic carbocycles. The Kier molecular flexibility index (Phi) is 4.43. The predicted molar refractivity (Wildman–Crippen MR) is 79.3 cm³/mol. The number of alkyl halides is 1. The molecule has 0 aliphatic rings. The second kappa shape index (κ2) is 6.05. The highest BCUT2D eigenvalue weighted by Crippen LogP contribution is 2.22. The molecular weight excluding hydrogens is 288 g/mol. The van der Waals surface area contributed by atoms with Crippen LogP contribution in [0.15, 0.2) is 42.5 Å². The molecule has 1 nitrogen and oxygen atoms in total. The fourth-order valence-electron chi connectivity index (χ4n) is 1.81. The second-order valence-corrected chi connectivity index (χ2v) is 5.01. The maximum atomic E-state index is 5.88. The molecule has 0 aliphatic heterocycles. The van der Waals surface area contributed by atoms with E-state index in [1.807, 2.05) is 18.2 Å². The van der Waals surface area contributed by atoms with Crippen molar-refractivity contribution in [3.63, 3.8) is 0 Å².